The Hall–Kier alpha value is -0.870. The number of halogens is 1. The van der Waals surface area contributed by atoms with Crippen LogP contribution in [0.1, 0.15) is 17.8 Å². The van der Waals surface area contributed by atoms with Crippen LogP contribution in [0.15, 0.2) is 6.07 Å². The minimum Gasteiger partial charge on any atom is -0.350 e. The molecule has 0 aromatic carbocycles. The molecule has 0 unspecified atom stereocenters. The molecular weight excluding hydrogens is 212 g/mol. The first kappa shape index (κ1) is 12.2. The molecular formula is C10H17ClN4. The van der Waals surface area contributed by atoms with Crippen molar-refractivity contribution >= 4 is 18.4 Å². The third-order valence-electron chi connectivity index (χ3n) is 2.38. The highest BCUT2D eigenvalue weighted by molar-refractivity contribution is 5.85. The predicted octanol–water partition coefficient (Wildman–Crippen LogP) is 1.29. The normalized spacial score (nSPS) is 19.7. The topological polar surface area (TPSA) is 49.8 Å². The molecule has 1 aromatic heterocycles. The minimum absolute atomic E-state index is 0. The first-order valence-corrected chi connectivity index (χ1v) is 5.03. The number of hydrogen-bond donors (Lipinski definition) is 2. The van der Waals surface area contributed by atoms with Gasteiger partial charge in [-0.2, -0.15) is 0 Å². The van der Waals surface area contributed by atoms with Crippen molar-refractivity contribution in [1.82, 2.24) is 15.3 Å². The summed E-state index contributed by atoms with van der Waals surface area (Å²) in [6.45, 7) is 6.08. The summed E-state index contributed by atoms with van der Waals surface area (Å²) in [6, 6.07) is 2.47. The number of aromatic nitrogens is 2. The van der Waals surface area contributed by atoms with E-state index in [4.69, 9.17) is 0 Å². The smallest absolute Gasteiger partial charge is 0.223 e. The predicted molar refractivity (Wildman–Crippen MR) is 63.7 cm³/mol. The first-order valence-electron chi connectivity index (χ1n) is 5.03. The summed E-state index contributed by atoms with van der Waals surface area (Å²) in [7, 11) is 0. The van der Waals surface area contributed by atoms with Crippen LogP contribution in [0.2, 0.25) is 0 Å². The molecule has 1 aliphatic heterocycles. The van der Waals surface area contributed by atoms with Crippen molar-refractivity contribution in [2.75, 3.05) is 18.4 Å². The van der Waals surface area contributed by atoms with E-state index < -0.39 is 0 Å². The van der Waals surface area contributed by atoms with Crippen molar-refractivity contribution in [1.29, 1.82) is 0 Å². The lowest BCUT2D eigenvalue weighted by molar-refractivity contribution is 0.777. The molecule has 0 aliphatic carbocycles. The maximum Gasteiger partial charge on any atom is 0.223 e. The van der Waals surface area contributed by atoms with Gasteiger partial charge in [0.1, 0.15) is 0 Å². The fourth-order valence-electron chi connectivity index (χ4n) is 1.75. The van der Waals surface area contributed by atoms with Crippen LogP contribution in [0.25, 0.3) is 0 Å². The highest BCUT2D eigenvalue weighted by Gasteiger charge is 2.14. The van der Waals surface area contributed by atoms with Crippen LogP contribution in [-0.2, 0) is 0 Å². The van der Waals surface area contributed by atoms with Gasteiger partial charge in [-0.15, -0.1) is 12.4 Å². The number of aryl methyl sites for hydroxylation is 2. The zero-order valence-corrected chi connectivity index (χ0v) is 9.90. The lowest BCUT2D eigenvalue weighted by Crippen LogP contribution is -2.23. The van der Waals surface area contributed by atoms with Gasteiger partial charge in [0.2, 0.25) is 5.95 Å². The summed E-state index contributed by atoms with van der Waals surface area (Å²) in [5.74, 6) is 0.760. The van der Waals surface area contributed by atoms with E-state index >= 15 is 0 Å². The summed E-state index contributed by atoms with van der Waals surface area (Å²) in [5.41, 5.74) is 2.04. The average molecular weight is 229 g/mol. The maximum atomic E-state index is 4.35. The molecule has 2 rings (SSSR count). The van der Waals surface area contributed by atoms with Gasteiger partial charge in [-0.1, -0.05) is 0 Å². The van der Waals surface area contributed by atoms with E-state index in [0.29, 0.717) is 6.04 Å². The number of nitrogens with one attached hydrogen (secondary N) is 2. The fourth-order valence-corrected chi connectivity index (χ4v) is 1.75. The highest BCUT2D eigenvalue weighted by atomic mass is 35.5. The largest absolute Gasteiger partial charge is 0.350 e. The number of anilines is 1. The molecule has 2 N–H and O–H groups in total. The van der Waals surface area contributed by atoms with Crippen LogP contribution >= 0.6 is 12.4 Å². The van der Waals surface area contributed by atoms with Crippen LogP contribution < -0.4 is 10.6 Å². The number of hydrogen-bond acceptors (Lipinski definition) is 4. The van der Waals surface area contributed by atoms with Crippen LogP contribution in [0, 0.1) is 13.8 Å². The molecule has 4 nitrogen and oxygen atoms in total. The van der Waals surface area contributed by atoms with E-state index in [9.17, 15) is 0 Å². The second kappa shape index (κ2) is 5.28. The van der Waals surface area contributed by atoms with Gasteiger partial charge in [-0.25, -0.2) is 9.97 Å². The lowest BCUT2D eigenvalue weighted by atomic mass is 10.3. The summed E-state index contributed by atoms with van der Waals surface area (Å²) >= 11 is 0. The molecule has 15 heavy (non-hydrogen) atoms. The molecule has 1 atom stereocenters. The van der Waals surface area contributed by atoms with Crippen molar-refractivity contribution in [3.05, 3.63) is 17.5 Å². The molecule has 1 saturated heterocycles. The molecule has 0 spiro atoms. The second-order valence-corrected chi connectivity index (χ2v) is 3.81. The first-order chi connectivity index (χ1) is 6.74. The summed E-state index contributed by atoms with van der Waals surface area (Å²) in [5, 5.41) is 6.64. The number of nitrogens with zero attached hydrogens (tertiary/aromatic N) is 2. The summed E-state index contributed by atoms with van der Waals surface area (Å²) in [6.07, 6.45) is 1.15. The molecule has 1 fully saturated rings. The molecule has 1 aliphatic rings. The van der Waals surface area contributed by atoms with Crippen molar-refractivity contribution in [2.24, 2.45) is 0 Å². The van der Waals surface area contributed by atoms with E-state index in [-0.39, 0.29) is 12.4 Å². The summed E-state index contributed by atoms with van der Waals surface area (Å²) in [4.78, 5) is 8.70. The lowest BCUT2D eigenvalue weighted by Gasteiger charge is -2.11. The van der Waals surface area contributed by atoms with Crippen molar-refractivity contribution in [3.63, 3.8) is 0 Å². The van der Waals surface area contributed by atoms with Crippen LogP contribution in [0.3, 0.4) is 0 Å². The Morgan fingerprint density at radius 2 is 2.00 bits per heavy atom. The third kappa shape index (κ3) is 3.32. The van der Waals surface area contributed by atoms with E-state index in [2.05, 4.69) is 20.6 Å². The molecule has 0 bridgehead atoms. The average Bonchev–Trinajstić information content (AvgIpc) is 2.54. The standard InChI is InChI=1S/C10H16N4.ClH/c1-7-5-8(2)13-10(12-7)14-9-3-4-11-6-9;/h5,9,11H,3-4,6H2,1-2H3,(H,12,13,14);1H/t9-;/m0./s1. The van der Waals surface area contributed by atoms with Gasteiger partial charge in [0.15, 0.2) is 0 Å². The Kier molecular flexibility index (Phi) is 4.29. The van der Waals surface area contributed by atoms with Crippen molar-refractivity contribution in [2.45, 2.75) is 26.3 Å². The van der Waals surface area contributed by atoms with Gasteiger partial charge in [-0.3, -0.25) is 0 Å². The monoisotopic (exact) mass is 228 g/mol. The zero-order valence-electron chi connectivity index (χ0n) is 9.08. The van der Waals surface area contributed by atoms with Gasteiger partial charge in [-0.05, 0) is 32.9 Å². The summed E-state index contributed by atoms with van der Waals surface area (Å²) < 4.78 is 0. The minimum atomic E-state index is 0. The van der Waals surface area contributed by atoms with E-state index in [0.717, 1.165) is 36.8 Å². The Labute approximate surface area is 96.3 Å². The fraction of sp³-hybridized carbons (Fsp3) is 0.600. The Balaban J connectivity index is 0.00000112. The number of rotatable bonds is 2. The molecule has 1 aromatic rings. The Bertz CT molecular complexity index is 303. The Morgan fingerprint density at radius 3 is 2.53 bits per heavy atom. The zero-order chi connectivity index (χ0) is 9.97. The molecule has 2 heterocycles. The Morgan fingerprint density at radius 1 is 1.33 bits per heavy atom. The quantitative estimate of drug-likeness (QED) is 0.801. The SMILES string of the molecule is Cc1cc(C)nc(N[C@H]2CCNC2)n1.Cl. The van der Waals surface area contributed by atoms with Crippen molar-refractivity contribution in [3.8, 4) is 0 Å². The second-order valence-electron chi connectivity index (χ2n) is 3.81. The van der Waals surface area contributed by atoms with Gasteiger partial charge < -0.3 is 10.6 Å². The van der Waals surface area contributed by atoms with E-state index in [1.54, 1.807) is 0 Å². The van der Waals surface area contributed by atoms with E-state index in [1.165, 1.54) is 0 Å². The van der Waals surface area contributed by atoms with Gasteiger partial charge >= 0.3 is 0 Å². The van der Waals surface area contributed by atoms with Gasteiger partial charge in [0.25, 0.3) is 0 Å². The van der Waals surface area contributed by atoms with E-state index in [1.807, 2.05) is 19.9 Å². The molecule has 0 radical (unpaired) electrons. The molecule has 0 amide bonds. The van der Waals surface area contributed by atoms with Crippen molar-refractivity contribution < 1.29 is 0 Å². The van der Waals surface area contributed by atoms with Crippen LogP contribution in [0.4, 0.5) is 5.95 Å². The molecule has 84 valence electrons. The maximum absolute atomic E-state index is 4.35. The van der Waals surface area contributed by atoms with Gasteiger partial charge in [0, 0.05) is 24.0 Å². The third-order valence-corrected chi connectivity index (χ3v) is 2.38. The van der Waals surface area contributed by atoms with Gasteiger partial charge in [0.05, 0.1) is 0 Å². The molecule has 0 saturated carbocycles. The highest BCUT2D eigenvalue weighted by Crippen LogP contribution is 2.08. The van der Waals surface area contributed by atoms with Crippen LogP contribution in [0.5, 0.6) is 0 Å². The molecule has 5 heteroatoms. The van der Waals surface area contributed by atoms with Crippen LogP contribution in [-0.4, -0.2) is 29.1 Å².